The molecule has 1 fully saturated rings. The third-order valence-corrected chi connectivity index (χ3v) is 5.20. The standard InChI is InChI=1S/C15H23NO4S/c17-10-1-2-13-3-5-15(6-4-13)21(18,19)16-9-7-14-8-11-20-12-14/h3-6,14,16-17H,1-2,7-12H2. The molecule has 0 amide bonds. The molecule has 1 aliphatic rings. The summed E-state index contributed by atoms with van der Waals surface area (Å²) in [4.78, 5) is 0.290. The number of nitrogens with one attached hydrogen (secondary N) is 1. The van der Waals surface area contributed by atoms with E-state index in [4.69, 9.17) is 9.84 Å². The van der Waals surface area contributed by atoms with Gasteiger partial charge in [0.25, 0.3) is 0 Å². The number of hydrogen-bond acceptors (Lipinski definition) is 4. The summed E-state index contributed by atoms with van der Waals surface area (Å²) in [6.07, 6.45) is 3.27. The normalized spacial score (nSPS) is 19.0. The van der Waals surface area contributed by atoms with Gasteiger partial charge in [-0.3, -0.25) is 0 Å². The summed E-state index contributed by atoms with van der Waals surface area (Å²) in [5, 5.41) is 8.78. The molecule has 1 aromatic carbocycles. The van der Waals surface area contributed by atoms with Gasteiger partial charge in [-0.05, 0) is 49.3 Å². The molecule has 2 rings (SSSR count). The number of ether oxygens (including phenoxy) is 1. The van der Waals surface area contributed by atoms with E-state index >= 15 is 0 Å². The molecular weight excluding hydrogens is 290 g/mol. The Morgan fingerprint density at radius 3 is 2.67 bits per heavy atom. The number of aryl methyl sites for hydroxylation is 1. The van der Waals surface area contributed by atoms with Gasteiger partial charge in [0.15, 0.2) is 0 Å². The SMILES string of the molecule is O=S(=O)(NCCC1CCOC1)c1ccc(CCCO)cc1. The Labute approximate surface area is 126 Å². The van der Waals surface area contributed by atoms with Gasteiger partial charge in [0.2, 0.25) is 10.0 Å². The first kappa shape index (κ1) is 16.4. The maximum atomic E-state index is 12.1. The summed E-state index contributed by atoms with van der Waals surface area (Å²) >= 11 is 0. The van der Waals surface area contributed by atoms with Crippen LogP contribution in [-0.4, -0.2) is 39.9 Å². The summed E-state index contributed by atoms with van der Waals surface area (Å²) < 4.78 is 32.2. The summed E-state index contributed by atoms with van der Waals surface area (Å²) in [6.45, 7) is 2.11. The molecule has 1 aromatic rings. The molecule has 118 valence electrons. The highest BCUT2D eigenvalue weighted by atomic mass is 32.2. The fourth-order valence-electron chi connectivity index (χ4n) is 2.41. The zero-order valence-electron chi connectivity index (χ0n) is 12.1. The van der Waals surface area contributed by atoms with E-state index in [1.165, 1.54) is 0 Å². The van der Waals surface area contributed by atoms with Crippen molar-refractivity contribution in [2.75, 3.05) is 26.4 Å². The Morgan fingerprint density at radius 1 is 1.29 bits per heavy atom. The van der Waals surface area contributed by atoms with Crippen LogP contribution in [0.3, 0.4) is 0 Å². The number of aliphatic hydroxyl groups is 1. The Bertz CT molecular complexity index is 521. The zero-order chi connectivity index (χ0) is 15.1. The van der Waals surface area contributed by atoms with Crippen molar-refractivity contribution >= 4 is 10.0 Å². The number of sulfonamides is 1. The highest BCUT2D eigenvalue weighted by Crippen LogP contribution is 2.16. The van der Waals surface area contributed by atoms with Crippen LogP contribution >= 0.6 is 0 Å². The first-order valence-corrected chi connectivity index (χ1v) is 8.87. The summed E-state index contributed by atoms with van der Waals surface area (Å²) in [5.74, 6) is 0.466. The topological polar surface area (TPSA) is 75.6 Å². The third kappa shape index (κ3) is 5.07. The number of hydrogen-bond donors (Lipinski definition) is 2. The number of rotatable bonds is 8. The van der Waals surface area contributed by atoms with Gasteiger partial charge in [-0.1, -0.05) is 12.1 Å². The average Bonchev–Trinajstić information content (AvgIpc) is 2.98. The van der Waals surface area contributed by atoms with E-state index in [2.05, 4.69) is 4.72 Å². The first-order chi connectivity index (χ1) is 10.1. The second-order valence-electron chi connectivity index (χ2n) is 5.39. The average molecular weight is 313 g/mol. The molecular formula is C15H23NO4S. The smallest absolute Gasteiger partial charge is 0.240 e. The summed E-state index contributed by atoms with van der Waals surface area (Å²) in [5.41, 5.74) is 1.03. The molecule has 0 spiro atoms. The van der Waals surface area contributed by atoms with Crippen molar-refractivity contribution < 1.29 is 18.3 Å². The van der Waals surface area contributed by atoms with Gasteiger partial charge < -0.3 is 9.84 Å². The van der Waals surface area contributed by atoms with E-state index in [0.717, 1.165) is 38.0 Å². The molecule has 0 aliphatic carbocycles. The fraction of sp³-hybridized carbons (Fsp3) is 0.600. The number of benzene rings is 1. The maximum absolute atomic E-state index is 12.1. The van der Waals surface area contributed by atoms with Crippen molar-refractivity contribution in [1.82, 2.24) is 4.72 Å². The predicted octanol–water partition coefficient (Wildman–Crippen LogP) is 1.32. The lowest BCUT2D eigenvalue weighted by Crippen LogP contribution is -2.26. The molecule has 1 heterocycles. The molecule has 1 aliphatic heterocycles. The van der Waals surface area contributed by atoms with Crippen LogP contribution in [0.25, 0.3) is 0 Å². The minimum atomic E-state index is -3.43. The molecule has 0 aromatic heterocycles. The van der Waals surface area contributed by atoms with Crippen molar-refractivity contribution in [2.24, 2.45) is 5.92 Å². The van der Waals surface area contributed by atoms with Crippen molar-refractivity contribution in [3.63, 3.8) is 0 Å². The summed E-state index contributed by atoms with van der Waals surface area (Å²) in [7, 11) is -3.43. The highest BCUT2D eigenvalue weighted by Gasteiger charge is 2.18. The molecule has 0 radical (unpaired) electrons. The molecule has 1 atom stereocenters. The van der Waals surface area contributed by atoms with Crippen LogP contribution in [0.2, 0.25) is 0 Å². The Balaban J connectivity index is 1.85. The highest BCUT2D eigenvalue weighted by molar-refractivity contribution is 7.89. The molecule has 6 heteroatoms. The van der Waals surface area contributed by atoms with Crippen LogP contribution in [-0.2, 0) is 21.2 Å². The van der Waals surface area contributed by atoms with Gasteiger partial charge in [-0.25, -0.2) is 13.1 Å². The van der Waals surface area contributed by atoms with Crippen molar-refractivity contribution in [3.8, 4) is 0 Å². The van der Waals surface area contributed by atoms with Gasteiger partial charge in [-0.15, -0.1) is 0 Å². The van der Waals surface area contributed by atoms with E-state index in [0.29, 0.717) is 18.9 Å². The van der Waals surface area contributed by atoms with Crippen LogP contribution in [0.15, 0.2) is 29.2 Å². The lowest BCUT2D eigenvalue weighted by Gasteiger charge is -2.10. The molecule has 5 nitrogen and oxygen atoms in total. The molecule has 1 unspecified atom stereocenters. The van der Waals surface area contributed by atoms with Crippen molar-refractivity contribution in [2.45, 2.75) is 30.6 Å². The van der Waals surface area contributed by atoms with Crippen LogP contribution in [0.4, 0.5) is 0 Å². The fourth-order valence-corrected chi connectivity index (χ4v) is 3.46. The maximum Gasteiger partial charge on any atom is 0.240 e. The molecule has 2 N–H and O–H groups in total. The Hall–Kier alpha value is -0.950. The quantitative estimate of drug-likeness (QED) is 0.759. The second kappa shape index (κ2) is 7.89. The van der Waals surface area contributed by atoms with E-state index in [1.54, 1.807) is 24.3 Å². The van der Waals surface area contributed by atoms with Gasteiger partial charge >= 0.3 is 0 Å². The Kier molecular flexibility index (Phi) is 6.17. The van der Waals surface area contributed by atoms with E-state index < -0.39 is 10.0 Å². The first-order valence-electron chi connectivity index (χ1n) is 7.39. The van der Waals surface area contributed by atoms with Gasteiger partial charge in [0, 0.05) is 26.4 Å². The molecule has 0 bridgehead atoms. The van der Waals surface area contributed by atoms with Crippen LogP contribution in [0, 0.1) is 5.92 Å². The van der Waals surface area contributed by atoms with E-state index in [9.17, 15) is 8.42 Å². The minimum absolute atomic E-state index is 0.145. The van der Waals surface area contributed by atoms with E-state index in [-0.39, 0.29) is 11.5 Å². The van der Waals surface area contributed by atoms with Crippen molar-refractivity contribution in [1.29, 1.82) is 0 Å². The second-order valence-corrected chi connectivity index (χ2v) is 7.15. The molecule has 0 saturated carbocycles. The molecule has 1 saturated heterocycles. The monoisotopic (exact) mass is 313 g/mol. The minimum Gasteiger partial charge on any atom is -0.396 e. The lowest BCUT2D eigenvalue weighted by molar-refractivity contribution is 0.184. The van der Waals surface area contributed by atoms with Crippen LogP contribution < -0.4 is 4.72 Å². The predicted molar refractivity (Wildman–Crippen MR) is 80.6 cm³/mol. The van der Waals surface area contributed by atoms with Gasteiger partial charge in [0.1, 0.15) is 0 Å². The van der Waals surface area contributed by atoms with E-state index in [1.807, 2.05) is 0 Å². The number of aliphatic hydroxyl groups excluding tert-OH is 1. The van der Waals surface area contributed by atoms with Crippen LogP contribution in [0.5, 0.6) is 0 Å². The molecule has 21 heavy (non-hydrogen) atoms. The Morgan fingerprint density at radius 2 is 2.05 bits per heavy atom. The largest absolute Gasteiger partial charge is 0.396 e. The zero-order valence-corrected chi connectivity index (χ0v) is 12.9. The van der Waals surface area contributed by atoms with Crippen LogP contribution in [0.1, 0.15) is 24.8 Å². The van der Waals surface area contributed by atoms with Crippen molar-refractivity contribution in [3.05, 3.63) is 29.8 Å². The third-order valence-electron chi connectivity index (χ3n) is 3.73. The summed E-state index contributed by atoms with van der Waals surface area (Å²) in [6, 6.07) is 6.84. The van der Waals surface area contributed by atoms with Gasteiger partial charge in [0.05, 0.1) is 4.90 Å². The van der Waals surface area contributed by atoms with Gasteiger partial charge in [-0.2, -0.15) is 0 Å². The lowest BCUT2D eigenvalue weighted by atomic mass is 10.1.